The summed E-state index contributed by atoms with van der Waals surface area (Å²) in [5.74, 6) is -0.441. The summed E-state index contributed by atoms with van der Waals surface area (Å²) in [5, 5.41) is 0. The van der Waals surface area contributed by atoms with Gasteiger partial charge in [-0.3, -0.25) is 9.59 Å². The summed E-state index contributed by atoms with van der Waals surface area (Å²) in [7, 11) is 0. The van der Waals surface area contributed by atoms with E-state index in [1.807, 2.05) is 0 Å². The second-order valence-corrected chi connectivity index (χ2v) is 16.3. The number of allylic oxidation sites excluding steroid dienone is 10. The van der Waals surface area contributed by atoms with Crippen LogP contribution in [0.1, 0.15) is 239 Å². The van der Waals surface area contributed by atoms with Crippen LogP contribution in [0, 0.1) is 0 Å². The fourth-order valence-electron chi connectivity index (χ4n) is 6.81. The molecular formula is C53H94O5. The molecular weight excluding hydrogens is 717 g/mol. The molecule has 0 bridgehead atoms. The van der Waals surface area contributed by atoms with E-state index in [1.54, 1.807) is 0 Å². The van der Waals surface area contributed by atoms with Gasteiger partial charge in [0.1, 0.15) is 6.61 Å². The van der Waals surface area contributed by atoms with Gasteiger partial charge in [-0.15, -0.1) is 0 Å². The van der Waals surface area contributed by atoms with Gasteiger partial charge < -0.3 is 14.2 Å². The van der Waals surface area contributed by atoms with E-state index in [-0.39, 0.29) is 25.2 Å². The van der Waals surface area contributed by atoms with Crippen LogP contribution in [-0.4, -0.2) is 37.9 Å². The van der Waals surface area contributed by atoms with Crippen LogP contribution in [0.5, 0.6) is 0 Å². The molecule has 0 amide bonds. The number of carbonyl (C=O) groups excluding carboxylic acids is 2. The van der Waals surface area contributed by atoms with E-state index >= 15 is 0 Å². The maximum absolute atomic E-state index is 12.7. The van der Waals surface area contributed by atoms with Crippen molar-refractivity contribution < 1.29 is 23.8 Å². The lowest BCUT2D eigenvalue weighted by atomic mass is 10.1. The van der Waals surface area contributed by atoms with Gasteiger partial charge in [-0.25, -0.2) is 0 Å². The average Bonchev–Trinajstić information content (AvgIpc) is 3.22. The van der Waals surface area contributed by atoms with E-state index in [2.05, 4.69) is 81.5 Å². The first-order valence-corrected chi connectivity index (χ1v) is 24.8. The van der Waals surface area contributed by atoms with Crippen LogP contribution in [0.2, 0.25) is 0 Å². The second-order valence-electron chi connectivity index (χ2n) is 16.3. The fourth-order valence-corrected chi connectivity index (χ4v) is 6.81. The summed E-state index contributed by atoms with van der Waals surface area (Å²) >= 11 is 0. The molecule has 5 nitrogen and oxygen atoms in total. The second kappa shape index (κ2) is 49.0. The van der Waals surface area contributed by atoms with Gasteiger partial charge in [-0.05, 0) is 103 Å². The molecule has 0 radical (unpaired) electrons. The fraction of sp³-hybridized carbons (Fsp3) is 0.774. The lowest BCUT2D eigenvalue weighted by molar-refractivity contribution is -0.163. The Balaban J connectivity index is 4.32. The van der Waals surface area contributed by atoms with Crippen LogP contribution in [0.15, 0.2) is 60.8 Å². The van der Waals surface area contributed by atoms with Crippen molar-refractivity contribution in [3.05, 3.63) is 60.8 Å². The Hall–Kier alpha value is -2.40. The lowest BCUT2D eigenvalue weighted by Gasteiger charge is -2.18. The maximum atomic E-state index is 12.7. The van der Waals surface area contributed by atoms with Crippen LogP contribution in [0.3, 0.4) is 0 Å². The van der Waals surface area contributed by atoms with E-state index in [4.69, 9.17) is 14.2 Å². The van der Waals surface area contributed by atoms with Crippen molar-refractivity contribution in [2.45, 2.75) is 245 Å². The third-order valence-electron chi connectivity index (χ3n) is 10.5. The van der Waals surface area contributed by atoms with Crippen molar-refractivity contribution in [3.63, 3.8) is 0 Å². The number of esters is 2. The highest BCUT2D eigenvalue weighted by Gasteiger charge is 2.17. The lowest BCUT2D eigenvalue weighted by Crippen LogP contribution is -2.30. The molecule has 0 saturated carbocycles. The van der Waals surface area contributed by atoms with Crippen LogP contribution in [-0.2, 0) is 23.8 Å². The van der Waals surface area contributed by atoms with E-state index < -0.39 is 6.10 Å². The molecule has 0 aromatic heterocycles. The highest BCUT2D eigenvalue weighted by Crippen LogP contribution is 2.13. The molecule has 0 aliphatic heterocycles. The molecule has 0 heterocycles. The quantitative estimate of drug-likeness (QED) is 0.0348. The molecule has 0 rings (SSSR count). The van der Waals surface area contributed by atoms with Crippen LogP contribution in [0.4, 0.5) is 0 Å². The zero-order valence-corrected chi connectivity index (χ0v) is 38.6. The third kappa shape index (κ3) is 46.3. The molecule has 0 aliphatic rings. The standard InChI is InChI=1S/C53H94O5/c1-4-7-10-13-16-19-22-25-27-29-31-34-37-40-43-46-52(54)57-50-51(49-56-48-45-42-39-36-33-30-26-23-20-17-14-11-8-5-2)58-53(55)47-44-41-38-35-32-28-24-21-18-15-12-9-6-3/h9,12,18,20-21,23,25,27-28,32,51H,4-8,10-11,13-17,19,22,24,26,29-31,33-50H2,1-3H3/b12-9-,21-18-,23-20-,27-25-,32-28-. The van der Waals surface area contributed by atoms with Gasteiger partial charge >= 0.3 is 11.9 Å². The Bertz CT molecular complexity index is 1010. The first kappa shape index (κ1) is 55.6. The molecule has 0 aromatic carbocycles. The van der Waals surface area contributed by atoms with Gasteiger partial charge in [0.25, 0.3) is 0 Å². The number of hydrogen-bond acceptors (Lipinski definition) is 5. The van der Waals surface area contributed by atoms with Crippen LogP contribution < -0.4 is 0 Å². The SMILES string of the molecule is CC/C=C\C/C=C\C/C=C\CCCCCC(=O)OC(COCCCCCCCC/C=C\CCCCCC)COC(=O)CCCCCCC/C=C\CCCCCCCC. The van der Waals surface area contributed by atoms with Crippen molar-refractivity contribution in [1.29, 1.82) is 0 Å². The summed E-state index contributed by atoms with van der Waals surface area (Å²) in [6.45, 7) is 7.65. The van der Waals surface area contributed by atoms with Gasteiger partial charge in [0.2, 0.25) is 0 Å². The number of unbranched alkanes of at least 4 members (excludes halogenated alkanes) is 24. The summed E-state index contributed by atoms with van der Waals surface area (Å²) in [5.41, 5.74) is 0. The van der Waals surface area contributed by atoms with Crippen molar-refractivity contribution in [2.24, 2.45) is 0 Å². The summed E-state index contributed by atoms with van der Waals surface area (Å²) < 4.78 is 17.3. The monoisotopic (exact) mass is 811 g/mol. The minimum absolute atomic E-state index is 0.0664. The molecule has 0 aromatic rings. The number of ether oxygens (including phenoxy) is 3. The smallest absolute Gasteiger partial charge is 0.306 e. The summed E-state index contributed by atoms with van der Waals surface area (Å²) in [6, 6.07) is 0. The zero-order chi connectivity index (χ0) is 42.1. The van der Waals surface area contributed by atoms with Crippen molar-refractivity contribution >= 4 is 11.9 Å². The maximum Gasteiger partial charge on any atom is 0.306 e. The van der Waals surface area contributed by atoms with Gasteiger partial charge in [0.05, 0.1) is 6.61 Å². The molecule has 0 fully saturated rings. The molecule has 336 valence electrons. The summed E-state index contributed by atoms with van der Waals surface area (Å²) in [4.78, 5) is 25.3. The molecule has 58 heavy (non-hydrogen) atoms. The van der Waals surface area contributed by atoms with E-state index in [1.165, 1.54) is 122 Å². The Labute approximate surface area is 360 Å². The first-order chi connectivity index (χ1) is 28.6. The number of hydrogen-bond donors (Lipinski definition) is 0. The Kier molecular flexibility index (Phi) is 46.9. The topological polar surface area (TPSA) is 61.8 Å². The van der Waals surface area contributed by atoms with Gasteiger partial charge in [0, 0.05) is 19.4 Å². The molecule has 1 unspecified atom stereocenters. The van der Waals surface area contributed by atoms with Gasteiger partial charge in [0.15, 0.2) is 6.10 Å². The highest BCUT2D eigenvalue weighted by atomic mass is 16.6. The molecule has 0 saturated heterocycles. The average molecular weight is 811 g/mol. The van der Waals surface area contributed by atoms with Crippen LogP contribution >= 0.6 is 0 Å². The summed E-state index contributed by atoms with van der Waals surface area (Å²) in [6.07, 6.45) is 60.8. The van der Waals surface area contributed by atoms with Crippen molar-refractivity contribution in [2.75, 3.05) is 19.8 Å². The molecule has 5 heteroatoms. The third-order valence-corrected chi connectivity index (χ3v) is 10.5. The van der Waals surface area contributed by atoms with Crippen LogP contribution in [0.25, 0.3) is 0 Å². The predicted molar refractivity (Wildman–Crippen MR) is 251 cm³/mol. The minimum Gasteiger partial charge on any atom is -0.462 e. The van der Waals surface area contributed by atoms with E-state index in [9.17, 15) is 9.59 Å². The van der Waals surface area contributed by atoms with E-state index in [0.717, 1.165) is 83.5 Å². The minimum atomic E-state index is -0.557. The molecule has 1 atom stereocenters. The highest BCUT2D eigenvalue weighted by molar-refractivity contribution is 5.70. The normalized spacial score (nSPS) is 12.7. The van der Waals surface area contributed by atoms with Crippen molar-refractivity contribution in [1.82, 2.24) is 0 Å². The Morgan fingerprint density at radius 1 is 0.397 bits per heavy atom. The molecule has 0 N–H and O–H groups in total. The number of rotatable bonds is 45. The zero-order valence-electron chi connectivity index (χ0n) is 38.6. The van der Waals surface area contributed by atoms with E-state index in [0.29, 0.717) is 19.4 Å². The first-order valence-electron chi connectivity index (χ1n) is 24.8. The largest absolute Gasteiger partial charge is 0.462 e. The predicted octanol–water partition coefficient (Wildman–Crippen LogP) is 16.6. The van der Waals surface area contributed by atoms with Gasteiger partial charge in [-0.2, -0.15) is 0 Å². The van der Waals surface area contributed by atoms with Gasteiger partial charge in [-0.1, -0.05) is 184 Å². The Morgan fingerprint density at radius 2 is 0.776 bits per heavy atom. The Morgan fingerprint density at radius 3 is 1.29 bits per heavy atom. The van der Waals surface area contributed by atoms with Crippen molar-refractivity contribution in [3.8, 4) is 0 Å². The molecule has 0 aliphatic carbocycles. The number of carbonyl (C=O) groups is 2. The molecule has 0 spiro atoms.